The van der Waals surface area contributed by atoms with Crippen molar-refractivity contribution in [3.05, 3.63) is 125 Å². The van der Waals surface area contributed by atoms with Crippen LogP contribution < -0.4 is 10.2 Å². The van der Waals surface area contributed by atoms with Crippen LogP contribution in [0.3, 0.4) is 0 Å². The Hall–Kier alpha value is -4.68. The summed E-state index contributed by atoms with van der Waals surface area (Å²) in [6.07, 6.45) is 1.52. The predicted molar refractivity (Wildman–Crippen MR) is 183 cm³/mol. The minimum absolute atomic E-state index is 0.0300. The number of nitrogens with zero attached hydrogens (tertiary/aromatic N) is 4. The lowest BCUT2D eigenvalue weighted by atomic mass is 9.83. The van der Waals surface area contributed by atoms with Crippen LogP contribution in [0.1, 0.15) is 60.0 Å². The zero-order valence-electron chi connectivity index (χ0n) is 27.9. The molecule has 49 heavy (non-hydrogen) atoms. The van der Waals surface area contributed by atoms with Crippen molar-refractivity contribution in [3.8, 4) is 0 Å². The van der Waals surface area contributed by atoms with Crippen molar-refractivity contribution in [2.75, 3.05) is 37.6 Å². The molecule has 0 radical (unpaired) electrons. The number of carbonyl (C=O) groups excluding carboxylic acids is 2. The van der Waals surface area contributed by atoms with E-state index in [9.17, 15) is 14.7 Å². The molecule has 0 bridgehead atoms. The van der Waals surface area contributed by atoms with Crippen LogP contribution in [0, 0.1) is 0 Å². The number of nitrogens with one attached hydrogen (secondary N) is 1. The molecule has 2 saturated heterocycles. The van der Waals surface area contributed by atoms with Crippen molar-refractivity contribution in [2.45, 2.75) is 57.5 Å². The van der Waals surface area contributed by atoms with Crippen LogP contribution in [-0.2, 0) is 37.0 Å². The van der Waals surface area contributed by atoms with Gasteiger partial charge in [-0.2, -0.15) is 0 Å². The highest BCUT2D eigenvalue weighted by atomic mass is 16.7. The summed E-state index contributed by atoms with van der Waals surface area (Å²) in [6, 6.07) is 28.0. The maximum absolute atomic E-state index is 12.4. The van der Waals surface area contributed by atoms with Gasteiger partial charge in [0.2, 0.25) is 5.95 Å². The Morgan fingerprint density at radius 3 is 2.16 bits per heavy atom. The third-order valence-corrected chi connectivity index (χ3v) is 9.05. The van der Waals surface area contributed by atoms with E-state index >= 15 is 0 Å². The first-order chi connectivity index (χ1) is 23.9. The highest BCUT2D eigenvalue weighted by Crippen LogP contribution is 2.47. The Labute approximate surface area is 286 Å². The smallest absolute Gasteiger partial charge is 0.303 e. The van der Waals surface area contributed by atoms with Crippen molar-refractivity contribution in [2.24, 2.45) is 0 Å². The molecule has 0 spiro atoms. The summed E-state index contributed by atoms with van der Waals surface area (Å²) < 4.78 is 18.7. The van der Waals surface area contributed by atoms with Crippen LogP contribution in [0.25, 0.3) is 0 Å². The van der Waals surface area contributed by atoms with Gasteiger partial charge in [-0.15, -0.1) is 0 Å². The molecule has 2 aliphatic heterocycles. The van der Waals surface area contributed by atoms with Gasteiger partial charge in [0.1, 0.15) is 0 Å². The molecule has 3 aromatic carbocycles. The van der Waals surface area contributed by atoms with E-state index in [0.717, 1.165) is 59.9 Å². The lowest BCUT2D eigenvalue weighted by molar-refractivity contribution is -0.263. The number of anilines is 1. The van der Waals surface area contributed by atoms with E-state index in [1.54, 1.807) is 19.3 Å². The number of aromatic nitrogens is 2. The Balaban J connectivity index is 1.24. The summed E-state index contributed by atoms with van der Waals surface area (Å²) in [7, 11) is 0. The fourth-order valence-corrected chi connectivity index (χ4v) is 6.43. The molecular formula is C38H43N5O6. The molecule has 2 N–H and O–H groups in total. The van der Waals surface area contributed by atoms with E-state index in [-0.39, 0.29) is 37.2 Å². The van der Waals surface area contributed by atoms with Crippen molar-refractivity contribution in [1.29, 1.82) is 0 Å². The van der Waals surface area contributed by atoms with E-state index in [4.69, 9.17) is 14.2 Å². The third kappa shape index (κ3) is 8.68. The fraction of sp³-hybridized carbons (Fsp3) is 0.368. The molecule has 6 rings (SSSR count). The number of benzene rings is 3. The van der Waals surface area contributed by atoms with Gasteiger partial charge in [-0.05, 0) is 35.2 Å². The van der Waals surface area contributed by atoms with E-state index in [2.05, 4.69) is 37.2 Å². The summed E-state index contributed by atoms with van der Waals surface area (Å²) in [5, 5.41) is 12.5. The lowest BCUT2D eigenvalue weighted by Gasteiger charge is -2.45. The van der Waals surface area contributed by atoms with Gasteiger partial charge in [0.25, 0.3) is 5.91 Å². The first-order valence-electron chi connectivity index (χ1n) is 16.7. The highest BCUT2D eigenvalue weighted by Gasteiger charge is 2.42. The van der Waals surface area contributed by atoms with Crippen LogP contribution >= 0.6 is 0 Å². The number of hydrogen-bond donors (Lipinski definition) is 2. The van der Waals surface area contributed by atoms with E-state index in [0.29, 0.717) is 6.54 Å². The second-order valence-corrected chi connectivity index (χ2v) is 12.4. The molecule has 1 unspecified atom stereocenters. The maximum Gasteiger partial charge on any atom is 0.303 e. The van der Waals surface area contributed by atoms with Crippen LogP contribution in [0.4, 0.5) is 5.95 Å². The van der Waals surface area contributed by atoms with Gasteiger partial charge < -0.3 is 29.5 Å². The summed E-state index contributed by atoms with van der Waals surface area (Å²) in [4.78, 5) is 37.1. The normalized spacial score (nSPS) is 21.9. The van der Waals surface area contributed by atoms with Gasteiger partial charge in [-0.3, -0.25) is 14.5 Å². The molecule has 11 heteroatoms. The number of piperazine rings is 1. The first-order valence-corrected chi connectivity index (χ1v) is 16.7. The third-order valence-electron chi connectivity index (χ3n) is 9.05. The van der Waals surface area contributed by atoms with Crippen LogP contribution in [0.2, 0.25) is 0 Å². The number of ether oxygens (including phenoxy) is 3. The van der Waals surface area contributed by atoms with Gasteiger partial charge in [0.15, 0.2) is 12.4 Å². The van der Waals surface area contributed by atoms with Gasteiger partial charge in [0, 0.05) is 70.1 Å². The molecule has 1 amide bonds. The minimum Gasteiger partial charge on any atom is -0.453 e. The number of esters is 1. The van der Waals surface area contributed by atoms with Gasteiger partial charge in [0.05, 0.1) is 18.8 Å². The first kappa shape index (κ1) is 34.2. The highest BCUT2D eigenvalue weighted by molar-refractivity contribution is 5.82. The molecule has 1 aromatic heterocycles. The molecule has 256 valence electrons. The topological polar surface area (TPSA) is 126 Å². The SMILES string of the molecule is CC(=O)O[C@@H](C)C(=O)NCc1ccc(C2O[C@H](CN3CCN(c4ncccn4)CC3)[C@@H](c3ccccc3)[C@H](c3ccc(CO)cc3)O2)cc1. The predicted octanol–water partition coefficient (Wildman–Crippen LogP) is 4.30. The van der Waals surface area contributed by atoms with E-state index in [1.807, 2.05) is 72.8 Å². The fourth-order valence-electron chi connectivity index (χ4n) is 6.43. The Morgan fingerprint density at radius 2 is 1.51 bits per heavy atom. The quantitative estimate of drug-likeness (QED) is 0.224. The molecule has 4 aromatic rings. The van der Waals surface area contributed by atoms with Crippen molar-refractivity contribution in [3.63, 3.8) is 0 Å². The monoisotopic (exact) mass is 665 g/mol. The van der Waals surface area contributed by atoms with E-state index in [1.165, 1.54) is 6.92 Å². The summed E-state index contributed by atoms with van der Waals surface area (Å²) in [6.45, 7) is 7.11. The molecule has 0 aliphatic carbocycles. The van der Waals surface area contributed by atoms with E-state index < -0.39 is 18.4 Å². The number of aliphatic hydroxyl groups is 1. The average Bonchev–Trinajstić information content (AvgIpc) is 3.14. The number of amides is 1. The summed E-state index contributed by atoms with van der Waals surface area (Å²) in [5.41, 5.74) is 4.73. The van der Waals surface area contributed by atoms with Gasteiger partial charge in [-0.25, -0.2) is 9.97 Å². The summed E-state index contributed by atoms with van der Waals surface area (Å²) >= 11 is 0. The average molecular weight is 666 g/mol. The number of rotatable bonds is 11. The molecular weight excluding hydrogens is 622 g/mol. The zero-order chi connectivity index (χ0) is 34.2. The Bertz CT molecular complexity index is 1650. The van der Waals surface area contributed by atoms with Crippen molar-refractivity contribution in [1.82, 2.24) is 20.2 Å². The molecule has 2 fully saturated rings. The van der Waals surface area contributed by atoms with Crippen molar-refractivity contribution < 1.29 is 28.9 Å². The largest absolute Gasteiger partial charge is 0.453 e. The number of hydrogen-bond acceptors (Lipinski definition) is 10. The van der Waals surface area contributed by atoms with Crippen molar-refractivity contribution >= 4 is 17.8 Å². The van der Waals surface area contributed by atoms with Crippen LogP contribution in [-0.4, -0.2) is 76.8 Å². The minimum atomic E-state index is -0.867. The Morgan fingerprint density at radius 1 is 0.857 bits per heavy atom. The number of aliphatic hydroxyl groups excluding tert-OH is 1. The summed E-state index contributed by atoms with van der Waals surface area (Å²) in [5.74, 6) is -0.208. The lowest BCUT2D eigenvalue weighted by Crippen LogP contribution is -2.51. The molecule has 0 saturated carbocycles. The van der Waals surface area contributed by atoms with Crippen LogP contribution in [0.5, 0.6) is 0 Å². The second-order valence-electron chi connectivity index (χ2n) is 12.4. The van der Waals surface area contributed by atoms with Crippen LogP contribution in [0.15, 0.2) is 97.3 Å². The Kier molecular flexibility index (Phi) is 11.3. The standard InChI is InChI=1S/C38H43N5O6/c1-26(47-27(2)45)36(46)41-23-28-9-15-32(16-10-28)37-48-33(24-42-19-21-43(22-20-42)38-39-17-6-18-40-38)34(30-7-4-3-5-8-30)35(49-37)31-13-11-29(25-44)12-14-31/h3-18,26,33-35,37,44H,19-25H2,1-2H3,(H,41,46)/t26-,33+,34+,35-,37?/m0/s1. The van der Waals surface area contributed by atoms with Gasteiger partial charge in [-0.1, -0.05) is 78.9 Å². The molecule has 5 atom stereocenters. The zero-order valence-corrected chi connectivity index (χ0v) is 27.9. The molecule has 11 nitrogen and oxygen atoms in total. The van der Waals surface area contributed by atoms with Gasteiger partial charge >= 0.3 is 5.97 Å². The maximum atomic E-state index is 12.4. The molecule has 2 aliphatic rings. The number of carbonyl (C=O) groups is 2. The molecule has 3 heterocycles. The second kappa shape index (κ2) is 16.1.